The number of rotatable bonds is 8. The molecule has 0 atom stereocenters. The zero-order valence-electron chi connectivity index (χ0n) is 19.5. The summed E-state index contributed by atoms with van der Waals surface area (Å²) >= 11 is 0. The lowest BCUT2D eigenvalue weighted by molar-refractivity contribution is -0.384. The van der Waals surface area contributed by atoms with Crippen LogP contribution in [0.5, 0.6) is 11.5 Å². The minimum Gasteiger partial charge on any atom is -0.497 e. The van der Waals surface area contributed by atoms with Crippen LogP contribution in [0.15, 0.2) is 52.9 Å². The third-order valence-electron chi connectivity index (χ3n) is 5.60. The summed E-state index contributed by atoms with van der Waals surface area (Å²) in [6.45, 7) is 1.78. The van der Waals surface area contributed by atoms with Gasteiger partial charge in [-0.2, -0.15) is 10.2 Å². The number of nitriles is 1. The number of hydrogen-bond donors (Lipinski definition) is 0. The normalized spacial score (nSPS) is 13.4. The van der Waals surface area contributed by atoms with Gasteiger partial charge in [-0.25, -0.2) is 0 Å². The number of hydrogen-bond acceptors (Lipinski definition) is 9. The molecule has 1 aromatic heterocycles. The summed E-state index contributed by atoms with van der Waals surface area (Å²) in [5.74, 6) is 1.75. The van der Waals surface area contributed by atoms with Crippen molar-refractivity contribution in [2.24, 2.45) is 0 Å². The highest BCUT2D eigenvalue weighted by Gasteiger charge is 2.26. The lowest BCUT2D eigenvalue weighted by Gasteiger charge is -2.34. The van der Waals surface area contributed by atoms with Crippen LogP contribution in [0.25, 0.3) is 12.2 Å². The molecule has 0 spiro atoms. The number of carbonyl (C=O) groups excluding carboxylic acids is 1. The molecule has 1 fully saturated rings. The molecule has 0 aliphatic carbocycles. The van der Waals surface area contributed by atoms with E-state index in [0.29, 0.717) is 43.6 Å². The number of benzene rings is 2. The number of nitro benzene ring substituents is 1. The lowest BCUT2D eigenvalue weighted by atomic mass is 10.2. The molecule has 36 heavy (non-hydrogen) atoms. The number of piperazine rings is 1. The van der Waals surface area contributed by atoms with Gasteiger partial charge < -0.3 is 23.7 Å². The fraction of sp³-hybridized carbons (Fsp3) is 0.240. The van der Waals surface area contributed by atoms with E-state index in [-0.39, 0.29) is 29.8 Å². The first-order valence-electron chi connectivity index (χ1n) is 11.1. The number of ether oxygens (including phenoxy) is 2. The number of carbonyl (C=O) groups is 1. The summed E-state index contributed by atoms with van der Waals surface area (Å²) in [6, 6.07) is 15.1. The van der Waals surface area contributed by atoms with Gasteiger partial charge in [0.1, 0.15) is 17.6 Å². The molecular formula is C25H23N5O6. The molecule has 0 bridgehead atoms. The number of amides is 1. The molecule has 0 unspecified atom stereocenters. The van der Waals surface area contributed by atoms with Crippen LogP contribution in [0.4, 0.5) is 11.6 Å². The highest BCUT2D eigenvalue weighted by molar-refractivity contribution is 5.78. The summed E-state index contributed by atoms with van der Waals surface area (Å²) in [5.41, 5.74) is 0.881. The summed E-state index contributed by atoms with van der Waals surface area (Å²) in [4.78, 5) is 30.7. The van der Waals surface area contributed by atoms with E-state index in [2.05, 4.69) is 4.98 Å². The van der Waals surface area contributed by atoms with E-state index in [1.807, 2.05) is 11.0 Å². The van der Waals surface area contributed by atoms with Crippen molar-refractivity contribution in [3.63, 3.8) is 0 Å². The van der Waals surface area contributed by atoms with Gasteiger partial charge in [0.25, 0.3) is 11.6 Å². The molecule has 3 aromatic rings. The first-order chi connectivity index (χ1) is 17.5. The molecule has 1 saturated heterocycles. The van der Waals surface area contributed by atoms with Gasteiger partial charge in [-0.15, -0.1) is 0 Å². The van der Waals surface area contributed by atoms with Crippen molar-refractivity contribution < 1.29 is 23.6 Å². The fourth-order valence-corrected chi connectivity index (χ4v) is 3.63. The van der Waals surface area contributed by atoms with Crippen LogP contribution < -0.4 is 14.4 Å². The van der Waals surface area contributed by atoms with Gasteiger partial charge >= 0.3 is 0 Å². The maximum Gasteiger partial charge on any atom is 0.269 e. The Hall–Kier alpha value is -4.85. The summed E-state index contributed by atoms with van der Waals surface area (Å²) in [5, 5.41) is 20.3. The van der Waals surface area contributed by atoms with Gasteiger partial charge in [-0.3, -0.25) is 14.9 Å². The van der Waals surface area contributed by atoms with Crippen molar-refractivity contribution >= 4 is 29.6 Å². The van der Waals surface area contributed by atoms with Crippen molar-refractivity contribution in [3.05, 3.63) is 75.8 Å². The molecule has 1 amide bonds. The van der Waals surface area contributed by atoms with Crippen molar-refractivity contribution in [1.82, 2.24) is 9.88 Å². The predicted molar refractivity (Wildman–Crippen MR) is 131 cm³/mol. The van der Waals surface area contributed by atoms with E-state index >= 15 is 0 Å². The Bertz CT molecular complexity index is 1290. The van der Waals surface area contributed by atoms with E-state index in [9.17, 15) is 20.2 Å². The van der Waals surface area contributed by atoms with Crippen molar-refractivity contribution in [3.8, 4) is 17.6 Å². The molecule has 1 aliphatic heterocycles. The Kier molecular flexibility index (Phi) is 7.45. The van der Waals surface area contributed by atoms with Crippen LogP contribution in [-0.2, 0) is 4.79 Å². The van der Waals surface area contributed by atoms with E-state index in [4.69, 9.17) is 13.9 Å². The molecular weight excluding hydrogens is 466 g/mol. The molecule has 1 aliphatic rings. The second-order valence-corrected chi connectivity index (χ2v) is 7.83. The monoisotopic (exact) mass is 489 g/mol. The fourth-order valence-electron chi connectivity index (χ4n) is 3.63. The van der Waals surface area contributed by atoms with Gasteiger partial charge in [0.05, 0.1) is 12.0 Å². The van der Waals surface area contributed by atoms with Crippen molar-refractivity contribution in [2.45, 2.75) is 0 Å². The topological polar surface area (TPSA) is 135 Å². The molecule has 184 valence electrons. The number of aromatic nitrogens is 1. The Morgan fingerprint density at radius 3 is 2.39 bits per heavy atom. The van der Waals surface area contributed by atoms with Crippen LogP contribution >= 0.6 is 0 Å². The largest absolute Gasteiger partial charge is 0.497 e. The standard InChI is InChI=1S/C25H23N5O6/c1-34-20-7-9-21(10-8-20)35-17-24(31)28-12-14-29(15-13-28)25-22(16-26)27-23(36-25)11-4-18-2-5-19(6-3-18)30(32)33/h2-11H,12-15,17H2,1H3/b11-4+. The number of oxazole rings is 1. The Morgan fingerprint density at radius 1 is 1.11 bits per heavy atom. The molecule has 4 rings (SSSR count). The maximum atomic E-state index is 12.6. The van der Waals surface area contributed by atoms with Gasteiger partial charge in [0.2, 0.25) is 17.5 Å². The second kappa shape index (κ2) is 11.1. The van der Waals surface area contributed by atoms with Gasteiger partial charge in [-0.1, -0.05) is 0 Å². The second-order valence-electron chi connectivity index (χ2n) is 7.83. The van der Waals surface area contributed by atoms with Crippen LogP contribution in [0, 0.1) is 21.4 Å². The van der Waals surface area contributed by atoms with Crippen LogP contribution in [-0.4, -0.2) is 60.6 Å². The van der Waals surface area contributed by atoms with Crippen LogP contribution in [0.3, 0.4) is 0 Å². The summed E-state index contributed by atoms with van der Waals surface area (Å²) in [6.07, 6.45) is 3.29. The maximum absolute atomic E-state index is 12.6. The van der Waals surface area contributed by atoms with E-state index in [0.717, 1.165) is 5.56 Å². The Balaban J connectivity index is 1.33. The van der Waals surface area contributed by atoms with Gasteiger partial charge in [0.15, 0.2) is 6.61 Å². The zero-order valence-corrected chi connectivity index (χ0v) is 19.5. The van der Waals surface area contributed by atoms with Gasteiger partial charge in [0, 0.05) is 44.4 Å². The molecule has 0 N–H and O–H groups in total. The van der Waals surface area contributed by atoms with Crippen molar-refractivity contribution in [2.75, 3.05) is 44.8 Å². The smallest absolute Gasteiger partial charge is 0.269 e. The number of anilines is 1. The SMILES string of the molecule is COc1ccc(OCC(=O)N2CCN(c3oc(/C=C/c4ccc([N+](=O)[O-])cc4)nc3C#N)CC2)cc1. The van der Waals surface area contributed by atoms with Crippen LogP contribution in [0.1, 0.15) is 17.1 Å². The molecule has 0 radical (unpaired) electrons. The number of methoxy groups -OCH3 is 1. The third kappa shape index (κ3) is 5.79. The minimum absolute atomic E-state index is 0.00208. The Morgan fingerprint density at radius 2 is 1.78 bits per heavy atom. The minimum atomic E-state index is -0.464. The van der Waals surface area contributed by atoms with E-state index < -0.39 is 4.92 Å². The molecule has 2 heterocycles. The molecule has 11 heteroatoms. The Labute approximate surface area is 206 Å². The van der Waals surface area contributed by atoms with E-state index in [1.54, 1.807) is 60.6 Å². The summed E-state index contributed by atoms with van der Waals surface area (Å²) < 4.78 is 16.5. The average molecular weight is 489 g/mol. The summed E-state index contributed by atoms with van der Waals surface area (Å²) in [7, 11) is 1.58. The lowest BCUT2D eigenvalue weighted by Crippen LogP contribution is -2.50. The molecule has 0 saturated carbocycles. The van der Waals surface area contributed by atoms with Crippen LogP contribution in [0.2, 0.25) is 0 Å². The average Bonchev–Trinajstić information content (AvgIpc) is 3.34. The van der Waals surface area contributed by atoms with Gasteiger partial charge in [-0.05, 0) is 48.0 Å². The number of non-ortho nitro benzene ring substituents is 1. The third-order valence-corrected chi connectivity index (χ3v) is 5.60. The predicted octanol–water partition coefficient (Wildman–Crippen LogP) is 3.36. The van der Waals surface area contributed by atoms with E-state index in [1.165, 1.54) is 12.1 Å². The zero-order chi connectivity index (χ0) is 25.5. The molecule has 2 aromatic carbocycles. The highest BCUT2D eigenvalue weighted by atomic mass is 16.6. The van der Waals surface area contributed by atoms with Crippen molar-refractivity contribution in [1.29, 1.82) is 5.26 Å². The first kappa shape index (κ1) is 24.3. The quantitative estimate of drug-likeness (QED) is 0.345. The first-order valence-corrected chi connectivity index (χ1v) is 11.1. The molecule has 11 nitrogen and oxygen atoms in total. The highest BCUT2D eigenvalue weighted by Crippen LogP contribution is 2.25. The number of nitro groups is 1. The number of nitrogens with zero attached hydrogens (tertiary/aromatic N) is 5.